The van der Waals surface area contributed by atoms with Crippen LogP contribution in [0.15, 0.2) is 0 Å². The number of carbonyl (C=O) groups is 1. The molecule has 118 valence electrons. The molecule has 0 bridgehead atoms. The van der Waals surface area contributed by atoms with Crippen molar-refractivity contribution in [2.75, 3.05) is 42.8 Å². The molecule has 1 amide bonds. The Hall–Kier alpha value is -0.990. The Balaban J connectivity index is 2.13. The summed E-state index contributed by atoms with van der Waals surface area (Å²) in [5, 5.41) is 0.801. The summed E-state index contributed by atoms with van der Waals surface area (Å²) < 4.78 is 0. The third-order valence-electron chi connectivity index (χ3n) is 3.72. The minimum Gasteiger partial charge on any atom is -0.382 e. The smallest absolute Gasteiger partial charge is 0.267 e. The maximum atomic E-state index is 12.5. The van der Waals surface area contributed by atoms with Crippen molar-refractivity contribution >= 4 is 40.0 Å². The van der Waals surface area contributed by atoms with Crippen molar-refractivity contribution in [3.8, 4) is 0 Å². The highest BCUT2D eigenvalue weighted by atomic mass is 32.2. The molecule has 1 aromatic rings. The van der Waals surface area contributed by atoms with Crippen LogP contribution >= 0.6 is 23.1 Å². The Labute approximate surface area is 133 Å². The first kappa shape index (κ1) is 16.4. The summed E-state index contributed by atoms with van der Waals surface area (Å²) in [4.78, 5) is 21.3. The van der Waals surface area contributed by atoms with E-state index in [0.29, 0.717) is 10.7 Å². The molecule has 8 heteroatoms. The quantitative estimate of drug-likeness (QED) is 0.840. The number of thioether (sulfide) groups is 1. The average Bonchev–Trinajstić information content (AvgIpc) is 3.03. The third kappa shape index (κ3) is 3.61. The summed E-state index contributed by atoms with van der Waals surface area (Å²) in [6.45, 7) is 3.69. The van der Waals surface area contributed by atoms with E-state index in [1.54, 1.807) is 16.7 Å². The predicted molar refractivity (Wildman–Crippen MR) is 91.3 cm³/mol. The van der Waals surface area contributed by atoms with Gasteiger partial charge in [-0.15, -0.1) is 0 Å². The SMILES string of the molecule is CSCC(C)N(C)C(=O)c1sc(N2CCC(N)C2)nc1N. The monoisotopic (exact) mass is 329 g/mol. The average molecular weight is 329 g/mol. The molecule has 0 radical (unpaired) electrons. The van der Waals surface area contributed by atoms with Crippen molar-refractivity contribution in [1.29, 1.82) is 0 Å². The molecule has 1 aliphatic rings. The molecule has 1 aliphatic heterocycles. The van der Waals surface area contributed by atoms with E-state index in [1.165, 1.54) is 11.3 Å². The first-order valence-corrected chi connectivity index (χ1v) is 9.18. The van der Waals surface area contributed by atoms with E-state index in [9.17, 15) is 4.79 Å². The lowest BCUT2D eigenvalue weighted by molar-refractivity contribution is 0.0763. The predicted octanol–water partition coefficient (Wildman–Crippen LogP) is 1.09. The zero-order valence-electron chi connectivity index (χ0n) is 12.7. The van der Waals surface area contributed by atoms with Crippen LogP contribution in [0.25, 0.3) is 0 Å². The molecule has 0 aliphatic carbocycles. The molecule has 2 unspecified atom stereocenters. The highest BCUT2D eigenvalue weighted by Gasteiger charge is 2.27. The van der Waals surface area contributed by atoms with Gasteiger partial charge in [0.1, 0.15) is 10.7 Å². The largest absolute Gasteiger partial charge is 0.382 e. The molecular formula is C13H23N5OS2. The van der Waals surface area contributed by atoms with Crippen molar-refractivity contribution in [2.24, 2.45) is 5.73 Å². The van der Waals surface area contributed by atoms with Crippen LogP contribution in [-0.2, 0) is 0 Å². The van der Waals surface area contributed by atoms with Crippen molar-refractivity contribution in [3.63, 3.8) is 0 Å². The Kier molecular flexibility index (Phi) is 5.34. The Morgan fingerprint density at radius 1 is 1.67 bits per heavy atom. The van der Waals surface area contributed by atoms with Crippen LogP contribution in [0.1, 0.15) is 23.0 Å². The van der Waals surface area contributed by atoms with Gasteiger partial charge in [0.05, 0.1) is 0 Å². The molecule has 2 heterocycles. The number of hydrogen-bond acceptors (Lipinski definition) is 7. The van der Waals surface area contributed by atoms with Gasteiger partial charge in [-0.05, 0) is 19.6 Å². The van der Waals surface area contributed by atoms with Crippen LogP contribution in [0.3, 0.4) is 0 Å². The number of aromatic nitrogens is 1. The fourth-order valence-electron chi connectivity index (χ4n) is 2.28. The Morgan fingerprint density at radius 2 is 2.38 bits per heavy atom. The molecule has 0 aromatic carbocycles. The van der Waals surface area contributed by atoms with E-state index >= 15 is 0 Å². The standard InChI is InChI=1S/C13H23N5OS2/c1-8(7-20-3)17(2)12(19)10-11(15)16-13(21-10)18-5-4-9(14)6-18/h8-9H,4-7,14-15H2,1-3H3. The molecule has 21 heavy (non-hydrogen) atoms. The van der Waals surface area contributed by atoms with Gasteiger partial charge in [0.2, 0.25) is 0 Å². The minimum absolute atomic E-state index is 0.0544. The highest BCUT2D eigenvalue weighted by Crippen LogP contribution is 2.31. The Bertz CT molecular complexity index is 507. The van der Waals surface area contributed by atoms with Gasteiger partial charge in [-0.2, -0.15) is 11.8 Å². The molecule has 1 saturated heterocycles. The summed E-state index contributed by atoms with van der Waals surface area (Å²) in [7, 11) is 1.81. The topological polar surface area (TPSA) is 88.5 Å². The second kappa shape index (κ2) is 6.85. The Morgan fingerprint density at radius 3 is 2.95 bits per heavy atom. The molecule has 0 saturated carbocycles. The number of amides is 1. The molecule has 1 aromatic heterocycles. The van der Waals surface area contributed by atoms with Crippen molar-refractivity contribution in [1.82, 2.24) is 9.88 Å². The third-order valence-corrected chi connectivity index (χ3v) is 5.66. The zero-order chi connectivity index (χ0) is 15.6. The first-order valence-electron chi connectivity index (χ1n) is 6.97. The van der Waals surface area contributed by atoms with Crippen molar-refractivity contribution in [3.05, 3.63) is 4.88 Å². The second-order valence-electron chi connectivity index (χ2n) is 5.43. The zero-order valence-corrected chi connectivity index (χ0v) is 14.3. The van der Waals surface area contributed by atoms with Gasteiger partial charge in [-0.3, -0.25) is 4.79 Å². The van der Waals surface area contributed by atoms with E-state index in [4.69, 9.17) is 11.5 Å². The number of anilines is 2. The molecule has 2 atom stereocenters. The summed E-state index contributed by atoms with van der Waals surface area (Å²) in [5.74, 6) is 1.17. The van der Waals surface area contributed by atoms with Crippen LogP contribution in [0.4, 0.5) is 10.9 Å². The van der Waals surface area contributed by atoms with Crippen LogP contribution in [0.2, 0.25) is 0 Å². The van der Waals surface area contributed by atoms with Gasteiger partial charge in [0, 0.05) is 38.0 Å². The summed E-state index contributed by atoms with van der Waals surface area (Å²) in [6.07, 6.45) is 2.98. The number of nitrogens with two attached hydrogens (primary N) is 2. The van der Waals surface area contributed by atoms with Gasteiger partial charge >= 0.3 is 0 Å². The first-order chi connectivity index (χ1) is 9.93. The van der Waals surface area contributed by atoms with E-state index < -0.39 is 0 Å². The lowest BCUT2D eigenvalue weighted by atomic mass is 10.3. The van der Waals surface area contributed by atoms with Gasteiger partial charge < -0.3 is 21.3 Å². The molecule has 2 rings (SSSR count). The summed E-state index contributed by atoms with van der Waals surface area (Å²) >= 11 is 3.09. The maximum Gasteiger partial charge on any atom is 0.267 e. The molecular weight excluding hydrogens is 306 g/mol. The van der Waals surface area contributed by atoms with Gasteiger partial charge in [0.15, 0.2) is 5.13 Å². The van der Waals surface area contributed by atoms with Gasteiger partial charge in [0.25, 0.3) is 5.91 Å². The van der Waals surface area contributed by atoms with Gasteiger partial charge in [-0.25, -0.2) is 4.98 Å². The molecule has 1 fully saturated rings. The van der Waals surface area contributed by atoms with Crippen molar-refractivity contribution < 1.29 is 4.79 Å². The lowest BCUT2D eigenvalue weighted by Crippen LogP contribution is -2.36. The number of nitrogen functional groups attached to an aromatic ring is 1. The fourth-order valence-corrected chi connectivity index (χ4v) is 3.99. The maximum absolute atomic E-state index is 12.5. The minimum atomic E-state index is -0.0544. The summed E-state index contributed by atoms with van der Waals surface area (Å²) in [6, 6.07) is 0.344. The number of rotatable bonds is 5. The van der Waals surface area contributed by atoms with Crippen LogP contribution in [-0.4, -0.2) is 60.0 Å². The normalized spacial score (nSPS) is 19.8. The van der Waals surface area contributed by atoms with Crippen LogP contribution < -0.4 is 16.4 Å². The second-order valence-corrected chi connectivity index (χ2v) is 7.31. The lowest BCUT2D eigenvalue weighted by Gasteiger charge is -2.23. The fraction of sp³-hybridized carbons (Fsp3) is 0.692. The van der Waals surface area contributed by atoms with Crippen LogP contribution in [0.5, 0.6) is 0 Å². The van der Waals surface area contributed by atoms with E-state index in [2.05, 4.69) is 9.88 Å². The number of nitrogens with zero attached hydrogens (tertiary/aromatic N) is 3. The van der Waals surface area contributed by atoms with Gasteiger partial charge in [-0.1, -0.05) is 11.3 Å². The molecule has 4 N–H and O–H groups in total. The van der Waals surface area contributed by atoms with E-state index in [0.717, 1.165) is 30.4 Å². The number of thiazole rings is 1. The molecule has 0 spiro atoms. The van der Waals surface area contributed by atoms with E-state index in [1.807, 2.05) is 20.2 Å². The summed E-state index contributed by atoms with van der Waals surface area (Å²) in [5.41, 5.74) is 11.9. The number of carbonyl (C=O) groups excluding carboxylic acids is 1. The van der Waals surface area contributed by atoms with E-state index in [-0.39, 0.29) is 18.0 Å². The highest BCUT2D eigenvalue weighted by molar-refractivity contribution is 7.98. The van der Waals surface area contributed by atoms with Crippen molar-refractivity contribution in [2.45, 2.75) is 25.4 Å². The number of hydrogen-bond donors (Lipinski definition) is 2. The molecule has 6 nitrogen and oxygen atoms in total. The van der Waals surface area contributed by atoms with Crippen LogP contribution in [0, 0.1) is 0 Å².